The quantitative estimate of drug-likeness (QED) is 0.150. The van der Waals surface area contributed by atoms with Crippen molar-refractivity contribution in [2.45, 2.75) is 71.4 Å². The molecule has 74 heavy (non-hydrogen) atoms. The number of halogens is 3. The predicted octanol–water partition coefficient (Wildman–Crippen LogP) is 20.2. The molecule has 0 saturated heterocycles. The first kappa shape index (κ1) is 46.9. The van der Waals surface area contributed by atoms with Crippen LogP contribution in [0.3, 0.4) is 0 Å². The Kier molecular flexibility index (Phi) is 11.1. The molecule has 0 amide bonds. The minimum Gasteiger partial charge on any atom is -0.311 e. The summed E-state index contributed by atoms with van der Waals surface area (Å²) in [6.45, 7) is 15.4. The third-order valence-electron chi connectivity index (χ3n) is 15.3. The molecule has 0 aromatic heterocycles. The van der Waals surface area contributed by atoms with E-state index in [1.807, 2.05) is 0 Å². The van der Waals surface area contributed by atoms with Crippen molar-refractivity contribution >= 4 is 44.9 Å². The first-order valence-corrected chi connectivity index (χ1v) is 25.6. The van der Waals surface area contributed by atoms with Crippen molar-refractivity contribution < 1.29 is 13.2 Å². The van der Waals surface area contributed by atoms with E-state index in [0.29, 0.717) is 5.69 Å². The molecule has 0 N–H and O–H groups in total. The molecule has 10 aromatic carbocycles. The number of hydrogen-bond acceptors (Lipinski definition) is 2. The summed E-state index contributed by atoms with van der Waals surface area (Å²) in [6, 6.07) is 73.9. The molecular weight excluding hydrogens is 914 g/mol. The molecule has 2 aliphatic rings. The SMILES string of the molecule is Cc1ccc(N(c2ccc(-c3ccc(N(c4ccc(C(C)(C)C)cc4)c4ccc(C(F)(F)F)cc4)cc3C3c4ccccc4-c4c3cc3c5c(cccc45)-c4ccccc4-3)cc2)c2ccc(C(C)(C)C)cc2)cc1. The van der Waals surface area contributed by atoms with E-state index < -0.39 is 11.7 Å². The highest BCUT2D eigenvalue weighted by Gasteiger charge is 2.37. The van der Waals surface area contributed by atoms with Gasteiger partial charge in [0, 0.05) is 40.0 Å². The number of nitrogens with zero attached hydrogens (tertiary/aromatic N) is 2. The highest BCUT2D eigenvalue weighted by Crippen LogP contribution is 2.58. The van der Waals surface area contributed by atoms with Gasteiger partial charge in [-0.15, -0.1) is 0 Å². The highest BCUT2D eigenvalue weighted by molar-refractivity contribution is 6.20. The number of anilines is 6. The number of aryl methyl sites for hydroxylation is 1. The van der Waals surface area contributed by atoms with Crippen LogP contribution in [-0.2, 0) is 17.0 Å². The van der Waals surface area contributed by atoms with Gasteiger partial charge in [0.2, 0.25) is 0 Å². The lowest BCUT2D eigenvalue weighted by Gasteiger charge is -2.29. The molecule has 2 aliphatic carbocycles. The molecule has 0 radical (unpaired) electrons. The lowest BCUT2D eigenvalue weighted by Crippen LogP contribution is -2.14. The fraction of sp³-hybridized carbons (Fsp3) is 0.159. The van der Waals surface area contributed by atoms with Crippen molar-refractivity contribution in [2.24, 2.45) is 0 Å². The van der Waals surface area contributed by atoms with E-state index in [1.54, 1.807) is 12.1 Å². The van der Waals surface area contributed by atoms with Crippen molar-refractivity contribution in [3.05, 3.63) is 251 Å². The molecule has 2 nitrogen and oxygen atoms in total. The lowest BCUT2D eigenvalue weighted by molar-refractivity contribution is -0.137. The molecule has 364 valence electrons. The van der Waals surface area contributed by atoms with Gasteiger partial charge in [-0.1, -0.05) is 168 Å². The van der Waals surface area contributed by atoms with Crippen LogP contribution in [0.2, 0.25) is 0 Å². The van der Waals surface area contributed by atoms with E-state index in [2.05, 4.69) is 246 Å². The van der Waals surface area contributed by atoms with Crippen LogP contribution in [0.25, 0.3) is 55.3 Å². The van der Waals surface area contributed by atoms with Gasteiger partial charge in [-0.2, -0.15) is 13.2 Å². The van der Waals surface area contributed by atoms with Crippen LogP contribution in [0, 0.1) is 6.92 Å². The second-order valence-electron chi connectivity index (χ2n) is 22.1. The number of fused-ring (bicyclic) bond motifs is 7. The van der Waals surface area contributed by atoms with Crippen molar-refractivity contribution in [3.63, 3.8) is 0 Å². The molecule has 0 heterocycles. The van der Waals surface area contributed by atoms with Crippen LogP contribution >= 0.6 is 0 Å². The molecular formula is C69H57F3N2. The summed E-state index contributed by atoms with van der Waals surface area (Å²) in [5.74, 6) is -0.184. The minimum absolute atomic E-state index is 0.0202. The zero-order valence-electron chi connectivity index (χ0n) is 42.8. The maximum absolute atomic E-state index is 14.1. The van der Waals surface area contributed by atoms with E-state index in [1.165, 1.54) is 84.1 Å². The highest BCUT2D eigenvalue weighted by atomic mass is 19.4. The molecule has 0 bridgehead atoms. The van der Waals surface area contributed by atoms with Crippen molar-refractivity contribution in [1.82, 2.24) is 0 Å². The summed E-state index contributed by atoms with van der Waals surface area (Å²) in [4.78, 5) is 4.41. The molecule has 0 saturated carbocycles. The number of benzene rings is 10. The standard InChI is InChI=1S/C69H57F3N2/c1-43-19-29-48(30-20-43)73(50-33-23-45(24-34-50)67(2,3)4)49-31-21-44(22-32-49)54-40-39-53(74(51-35-25-46(26-36-51)68(5,6)7)52-37-27-47(28-38-52)69(70,71)72)41-61(54)66-59-16-11-10-15-58(59)65-60-18-12-17-57-55-13-8-9-14-56(55)62(64(57)60)42-63(65)66/h8-42,66H,1-7H3. The van der Waals surface area contributed by atoms with E-state index in [9.17, 15) is 13.2 Å². The van der Waals surface area contributed by atoms with Gasteiger partial charge in [0.15, 0.2) is 0 Å². The second kappa shape index (κ2) is 17.5. The normalized spacial score (nSPS) is 13.7. The lowest BCUT2D eigenvalue weighted by atomic mass is 9.82. The molecule has 10 aromatic rings. The van der Waals surface area contributed by atoms with Crippen LogP contribution in [0.4, 0.5) is 47.3 Å². The van der Waals surface area contributed by atoms with Crippen molar-refractivity contribution in [3.8, 4) is 44.5 Å². The minimum atomic E-state index is -4.47. The van der Waals surface area contributed by atoms with Gasteiger partial charge in [0.1, 0.15) is 0 Å². The summed E-state index contributed by atoms with van der Waals surface area (Å²) < 4.78 is 42.4. The van der Waals surface area contributed by atoms with E-state index in [0.717, 1.165) is 45.1 Å². The van der Waals surface area contributed by atoms with Gasteiger partial charge in [-0.3, -0.25) is 0 Å². The fourth-order valence-electron chi connectivity index (χ4n) is 11.5. The van der Waals surface area contributed by atoms with Crippen LogP contribution in [0.1, 0.15) is 86.4 Å². The Morgan fingerprint density at radius 3 is 1.34 bits per heavy atom. The Morgan fingerprint density at radius 1 is 0.351 bits per heavy atom. The number of hydrogen-bond donors (Lipinski definition) is 0. The first-order valence-electron chi connectivity index (χ1n) is 25.6. The summed E-state index contributed by atoms with van der Waals surface area (Å²) >= 11 is 0. The maximum Gasteiger partial charge on any atom is 0.416 e. The summed E-state index contributed by atoms with van der Waals surface area (Å²) in [5.41, 5.74) is 21.5. The maximum atomic E-state index is 14.1. The number of rotatable bonds is 8. The first-order chi connectivity index (χ1) is 35.5. The van der Waals surface area contributed by atoms with E-state index >= 15 is 0 Å². The summed E-state index contributed by atoms with van der Waals surface area (Å²) in [7, 11) is 0. The Bertz CT molecular complexity index is 3700. The molecule has 0 aliphatic heterocycles. The number of alkyl halides is 3. The van der Waals surface area contributed by atoms with Gasteiger partial charge in [-0.25, -0.2) is 0 Å². The fourth-order valence-corrected chi connectivity index (χ4v) is 11.5. The van der Waals surface area contributed by atoms with Gasteiger partial charge in [0.25, 0.3) is 0 Å². The zero-order valence-corrected chi connectivity index (χ0v) is 42.8. The molecule has 1 atom stereocenters. The smallest absolute Gasteiger partial charge is 0.311 e. The predicted molar refractivity (Wildman–Crippen MR) is 303 cm³/mol. The van der Waals surface area contributed by atoms with Crippen LogP contribution in [0.5, 0.6) is 0 Å². The van der Waals surface area contributed by atoms with E-state index in [-0.39, 0.29) is 16.7 Å². The Balaban J connectivity index is 1.08. The van der Waals surface area contributed by atoms with Gasteiger partial charge in [0.05, 0.1) is 5.56 Å². The summed E-state index contributed by atoms with van der Waals surface area (Å²) in [5, 5.41) is 2.52. The van der Waals surface area contributed by atoms with Gasteiger partial charge >= 0.3 is 6.18 Å². The average Bonchev–Trinajstić information content (AvgIpc) is 3.90. The van der Waals surface area contributed by atoms with Gasteiger partial charge < -0.3 is 9.80 Å². The second-order valence-corrected chi connectivity index (χ2v) is 22.1. The van der Waals surface area contributed by atoms with Gasteiger partial charge in [-0.05, 0) is 192 Å². The third-order valence-corrected chi connectivity index (χ3v) is 15.3. The Hall–Kier alpha value is -8.15. The van der Waals surface area contributed by atoms with Crippen LogP contribution < -0.4 is 9.80 Å². The van der Waals surface area contributed by atoms with Crippen molar-refractivity contribution in [2.75, 3.05) is 9.80 Å². The Labute approximate surface area is 433 Å². The topological polar surface area (TPSA) is 6.48 Å². The third kappa shape index (κ3) is 8.06. The average molecular weight is 971 g/mol. The monoisotopic (exact) mass is 970 g/mol. The van der Waals surface area contributed by atoms with E-state index in [4.69, 9.17) is 0 Å². The molecule has 1 unspecified atom stereocenters. The molecule has 5 heteroatoms. The Morgan fingerprint density at radius 2 is 0.797 bits per heavy atom. The summed E-state index contributed by atoms with van der Waals surface area (Å²) in [6.07, 6.45) is -4.47. The van der Waals surface area contributed by atoms with Crippen LogP contribution in [-0.4, -0.2) is 0 Å². The van der Waals surface area contributed by atoms with Crippen molar-refractivity contribution in [1.29, 1.82) is 0 Å². The molecule has 0 fully saturated rings. The molecule has 0 spiro atoms. The zero-order chi connectivity index (χ0) is 51.3. The molecule has 12 rings (SSSR count). The van der Waals surface area contributed by atoms with Crippen LogP contribution in [0.15, 0.2) is 212 Å². The largest absolute Gasteiger partial charge is 0.416 e.